The van der Waals surface area contributed by atoms with Gasteiger partial charge in [-0.1, -0.05) is 12.6 Å². The van der Waals surface area contributed by atoms with E-state index in [1.807, 2.05) is 0 Å². The van der Waals surface area contributed by atoms with Crippen LogP contribution in [0.15, 0.2) is 0 Å². The lowest BCUT2D eigenvalue weighted by atomic mass is 9.40. The van der Waals surface area contributed by atoms with Crippen molar-refractivity contribution in [2.24, 2.45) is 5.41 Å². The highest BCUT2D eigenvalue weighted by Crippen LogP contribution is 2.44. The molecule has 2 heterocycles. The maximum atomic E-state index is 3.39. The Morgan fingerprint density at radius 1 is 1.11 bits per heavy atom. The minimum Gasteiger partial charge on any atom is -0.317 e. The van der Waals surface area contributed by atoms with Crippen molar-refractivity contribution < 1.29 is 0 Å². The van der Waals surface area contributed by atoms with E-state index in [9.17, 15) is 0 Å². The molecular weight excluding hydrogens is 109 g/mol. The normalized spacial score (nSPS) is 31.1. The summed E-state index contributed by atoms with van der Waals surface area (Å²) in [5, 5.41) is 3.39. The fourth-order valence-corrected chi connectivity index (χ4v) is 1.92. The maximum Gasteiger partial charge on any atom is 0.110 e. The molecule has 2 saturated heterocycles. The van der Waals surface area contributed by atoms with E-state index in [1.165, 1.54) is 38.6 Å². The molecule has 1 radical (unpaired) electrons. The average molecular weight is 122 g/mol. The molecule has 1 spiro atoms. The second-order valence-electron chi connectivity index (χ2n) is 3.45. The van der Waals surface area contributed by atoms with Crippen LogP contribution in [0.1, 0.15) is 12.8 Å². The second kappa shape index (κ2) is 2.01. The second-order valence-corrected chi connectivity index (χ2v) is 3.45. The van der Waals surface area contributed by atoms with Crippen LogP contribution in [0.25, 0.3) is 0 Å². The van der Waals surface area contributed by atoms with Gasteiger partial charge in [0.15, 0.2) is 0 Å². The summed E-state index contributed by atoms with van der Waals surface area (Å²) >= 11 is 0. The Kier molecular flexibility index (Phi) is 1.29. The first-order valence-electron chi connectivity index (χ1n) is 3.94. The molecule has 0 unspecified atom stereocenters. The van der Waals surface area contributed by atoms with Crippen molar-refractivity contribution in [2.45, 2.75) is 25.5 Å². The summed E-state index contributed by atoms with van der Waals surface area (Å²) in [7, 11) is 2.42. The van der Waals surface area contributed by atoms with Crippen LogP contribution in [0.3, 0.4) is 0 Å². The largest absolute Gasteiger partial charge is 0.317 e. The zero-order valence-electron chi connectivity index (χ0n) is 5.82. The van der Waals surface area contributed by atoms with Gasteiger partial charge in [0.25, 0.3) is 0 Å². The summed E-state index contributed by atoms with van der Waals surface area (Å²) in [5.41, 5.74) is 0.783. The molecule has 2 fully saturated rings. The lowest BCUT2D eigenvalue weighted by molar-refractivity contribution is 0.233. The Balaban J connectivity index is 1.93. The van der Waals surface area contributed by atoms with Gasteiger partial charge in [-0.3, -0.25) is 0 Å². The van der Waals surface area contributed by atoms with Crippen molar-refractivity contribution in [1.82, 2.24) is 5.32 Å². The summed E-state index contributed by atoms with van der Waals surface area (Å²) in [6.45, 7) is 2.52. The van der Waals surface area contributed by atoms with Crippen molar-refractivity contribution in [3.63, 3.8) is 0 Å². The van der Waals surface area contributed by atoms with Gasteiger partial charge in [0, 0.05) is 0 Å². The molecule has 0 aromatic carbocycles. The third kappa shape index (κ3) is 0.897. The van der Waals surface area contributed by atoms with E-state index < -0.39 is 0 Å². The highest BCUT2D eigenvalue weighted by atomic mass is 14.9. The van der Waals surface area contributed by atoms with Crippen molar-refractivity contribution in [1.29, 1.82) is 0 Å². The number of hydrogen-bond donors (Lipinski definition) is 1. The van der Waals surface area contributed by atoms with Crippen molar-refractivity contribution in [3.8, 4) is 0 Å². The van der Waals surface area contributed by atoms with Gasteiger partial charge < -0.3 is 5.32 Å². The quantitative estimate of drug-likeness (QED) is 0.471. The zero-order valence-corrected chi connectivity index (χ0v) is 5.82. The van der Waals surface area contributed by atoms with Gasteiger partial charge in [0.05, 0.1) is 0 Å². The van der Waals surface area contributed by atoms with Gasteiger partial charge in [-0.15, -0.1) is 0 Å². The zero-order chi connectivity index (χ0) is 6.16. The molecule has 9 heavy (non-hydrogen) atoms. The molecule has 2 aliphatic rings. The fraction of sp³-hybridized carbons (Fsp3) is 1.00. The summed E-state index contributed by atoms with van der Waals surface area (Å²) in [6, 6.07) is 0. The molecule has 49 valence electrons. The van der Waals surface area contributed by atoms with Crippen molar-refractivity contribution >= 4 is 7.28 Å². The Bertz CT molecular complexity index is 101. The molecule has 0 aromatic heterocycles. The predicted octanol–water partition coefficient (Wildman–Crippen LogP) is 0.911. The standard InChI is InChI=1S/C7H13BN/c1-3-9-4-2-7(1)5-8-6-7/h9H,1-6H2. The average Bonchev–Trinajstić information content (AvgIpc) is 1.87. The first-order valence-corrected chi connectivity index (χ1v) is 3.94. The van der Waals surface area contributed by atoms with E-state index in [-0.39, 0.29) is 0 Å². The number of nitrogens with one attached hydrogen (secondary N) is 1. The van der Waals surface area contributed by atoms with E-state index in [2.05, 4.69) is 12.6 Å². The summed E-state index contributed by atoms with van der Waals surface area (Å²) in [4.78, 5) is 0. The fourth-order valence-electron chi connectivity index (χ4n) is 1.92. The van der Waals surface area contributed by atoms with Crippen molar-refractivity contribution in [3.05, 3.63) is 0 Å². The molecule has 0 aromatic rings. The number of piperidine rings is 1. The molecule has 0 bridgehead atoms. The van der Waals surface area contributed by atoms with Crippen LogP contribution in [0.2, 0.25) is 12.6 Å². The lowest BCUT2D eigenvalue weighted by Gasteiger charge is -2.44. The minimum absolute atomic E-state index is 0.783. The molecule has 2 aliphatic heterocycles. The third-order valence-electron chi connectivity index (χ3n) is 2.82. The Morgan fingerprint density at radius 2 is 1.78 bits per heavy atom. The molecule has 2 heteroatoms. The molecule has 0 aliphatic carbocycles. The van der Waals surface area contributed by atoms with Crippen LogP contribution in [0, 0.1) is 5.41 Å². The number of rotatable bonds is 0. The van der Waals surface area contributed by atoms with E-state index in [0.29, 0.717) is 0 Å². The van der Waals surface area contributed by atoms with Crippen LogP contribution in [-0.4, -0.2) is 20.4 Å². The SMILES string of the molecule is [B]1CC2(C1)CCNCC2. The Morgan fingerprint density at radius 3 is 2.11 bits per heavy atom. The molecule has 2 rings (SSSR count). The third-order valence-corrected chi connectivity index (χ3v) is 2.82. The van der Waals surface area contributed by atoms with Gasteiger partial charge in [-0.2, -0.15) is 0 Å². The van der Waals surface area contributed by atoms with Crippen molar-refractivity contribution in [2.75, 3.05) is 13.1 Å². The van der Waals surface area contributed by atoms with Crippen LogP contribution in [0.5, 0.6) is 0 Å². The molecular formula is C7H13BN. The lowest BCUT2D eigenvalue weighted by Crippen LogP contribution is -2.43. The Labute approximate surface area is 57.5 Å². The van der Waals surface area contributed by atoms with Gasteiger partial charge in [-0.25, -0.2) is 0 Å². The molecule has 1 N–H and O–H groups in total. The highest BCUT2D eigenvalue weighted by molar-refractivity contribution is 6.40. The van der Waals surface area contributed by atoms with Gasteiger partial charge in [0.1, 0.15) is 7.28 Å². The molecule has 0 amide bonds. The van der Waals surface area contributed by atoms with Crippen LogP contribution < -0.4 is 5.32 Å². The van der Waals surface area contributed by atoms with E-state index >= 15 is 0 Å². The first kappa shape index (κ1) is 5.78. The number of hydrogen-bond acceptors (Lipinski definition) is 1. The maximum absolute atomic E-state index is 3.39. The van der Waals surface area contributed by atoms with E-state index in [4.69, 9.17) is 0 Å². The van der Waals surface area contributed by atoms with Gasteiger partial charge in [-0.05, 0) is 31.3 Å². The van der Waals surface area contributed by atoms with Crippen LogP contribution in [-0.2, 0) is 0 Å². The molecule has 0 saturated carbocycles. The van der Waals surface area contributed by atoms with Gasteiger partial charge in [0.2, 0.25) is 0 Å². The molecule has 0 atom stereocenters. The monoisotopic (exact) mass is 122 g/mol. The topological polar surface area (TPSA) is 12.0 Å². The minimum atomic E-state index is 0.783. The van der Waals surface area contributed by atoms with E-state index in [0.717, 1.165) is 5.41 Å². The summed E-state index contributed by atoms with van der Waals surface area (Å²) in [5.74, 6) is 0. The van der Waals surface area contributed by atoms with Crippen LogP contribution >= 0.6 is 0 Å². The highest BCUT2D eigenvalue weighted by Gasteiger charge is 2.37. The summed E-state index contributed by atoms with van der Waals surface area (Å²) in [6.07, 6.45) is 5.64. The van der Waals surface area contributed by atoms with E-state index in [1.54, 1.807) is 0 Å². The summed E-state index contributed by atoms with van der Waals surface area (Å²) < 4.78 is 0. The smallest absolute Gasteiger partial charge is 0.110 e. The molecule has 1 nitrogen and oxygen atoms in total. The van der Waals surface area contributed by atoms with Gasteiger partial charge >= 0.3 is 0 Å². The first-order chi connectivity index (χ1) is 4.41. The van der Waals surface area contributed by atoms with Crippen LogP contribution in [0.4, 0.5) is 0 Å². The predicted molar refractivity (Wildman–Crippen MR) is 39.9 cm³/mol. The Hall–Kier alpha value is 0.0249.